The van der Waals surface area contributed by atoms with E-state index in [-0.39, 0.29) is 0 Å². The van der Waals surface area contributed by atoms with Gasteiger partial charge in [0, 0.05) is 27.5 Å². The summed E-state index contributed by atoms with van der Waals surface area (Å²) < 4.78 is 6.11. The second-order valence-electron chi connectivity index (χ2n) is 7.80. The molecule has 6 aromatic rings. The van der Waals surface area contributed by atoms with Gasteiger partial charge in [-0.05, 0) is 30.7 Å². The van der Waals surface area contributed by atoms with E-state index in [1.54, 1.807) is 0 Å². The van der Waals surface area contributed by atoms with Gasteiger partial charge in [0.15, 0.2) is 17.5 Å². The normalized spacial score (nSPS) is 11.3. The monoisotopic (exact) mass is 413 g/mol. The molecular formula is C28H19N3O. The van der Waals surface area contributed by atoms with Crippen molar-refractivity contribution in [2.75, 3.05) is 0 Å². The summed E-state index contributed by atoms with van der Waals surface area (Å²) in [6, 6.07) is 32.4. The summed E-state index contributed by atoms with van der Waals surface area (Å²) in [5.41, 5.74) is 5.75. The number of nitrogens with zero attached hydrogens (tertiary/aromatic N) is 3. The van der Waals surface area contributed by atoms with Gasteiger partial charge in [-0.25, -0.2) is 15.0 Å². The number of fused-ring (bicyclic) bond motifs is 3. The maximum Gasteiger partial charge on any atom is 0.164 e. The van der Waals surface area contributed by atoms with Crippen LogP contribution in [0.3, 0.4) is 0 Å². The minimum Gasteiger partial charge on any atom is -0.456 e. The van der Waals surface area contributed by atoms with Gasteiger partial charge in [-0.3, -0.25) is 0 Å². The van der Waals surface area contributed by atoms with Gasteiger partial charge in [0.2, 0.25) is 0 Å². The summed E-state index contributed by atoms with van der Waals surface area (Å²) in [5, 5.41) is 2.16. The molecule has 0 N–H and O–H groups in total. The van der Waals surface area contributed by atoms with Crippen molar-refractivity contribution in [2.45, 2.75) is 6.92 Å². The molecule has 4 aromatic carbocycles. The molecule has 32 heavy (non-hydrogen) atoms. The molecule has 0 atom stereocenters. The molecule has 6 rings (SSSR count). The van der Waals surface area contributed by atoms with Crippen LogP contribution in [0, 0.1) is 6.92 Å². The Hall–Kier alpha value is -4.31. The fraction of sp³-hybridized carbons (Fsp3) is 0.0357. The molecule has 0 radical (unpaired) electrons. The zero-order chi connectivity index (χ0) is 21.5. The van der Waals surface area contributed by atoms with E-state index in [4.69, 9.17) is 19.4 Å². The third kappa shape index (κ3) is 3.13. The lowest BCUT2D eigenvalue weighted by Crippen LogP contribution is -2.00. The third-order valence-electron chi connectivity index (χ3n) is 5.65. The van der Waals surface area contributed by atoms with E-state index >= 15 is 0 Å². The van der Waals surface area contributed by atoms with Crippen molar-refractivity contribution in [3.05, 3.63) is 103 Å². The molecule has 0 aliphatic rings. The lowest BCUT2D eigenvalue weighted by molar-refractivity contribution is 0.666. The van der Waals surface area contributed by atoms with Crippen molar-refractivity contribution in [3.63, 3.8) is 0 Å². The Balaban J connectivity index is 1.58. The first-order chi connectivity index (χ1) is 15.8. The van der Waals surface area contributed by atoms with Gasteiger partial charge in [0.05, 0.1) is 0 Å². The largest absolute Gasteiger partial charge is 0.456 e. The van der Waals surface area contributed by atoms with Crippen LogP contribution in [0.15, 0.2) is 101 Å². The fourth-order valence-corrected chi connectivity index (χ4v) is 4.02. The van der Waals surface area contributed by atoms with Crippen LogP contribution in [0.1, 0.15) is 5.56 Å². The van der Waals surface area contributed by atoms with E-state index in [1.807, 2.05) is 72.8 Å². The van der Waals surface area contributed by atoms with Gasteiger partial charge in [0.25, 0.3) is 0 Å². The molecule has 0 bridgehead atoms. The van der Waals surface area contributed by atoms with E-state index in [1.165, 1.54) is 0 Å². The number of rotatable bonds is 3. The zero-order valence-corrected chi connectivity index (χ0v) is 17.5. The fourth-order valence-electron chi connectivity index (χ4n) is 4.02. The summed E-state index contributed by atoms with van der Waals surface area (Å²) in [5.74, 6) is 1.95. The van der Waals surface area contributed by atoms with Crippen LogP contribution in [0.25, 0.3) is 56.1 Å². The highest BCUT2D eigenvalue weighted by atomic mass is 16.3. The molecule has 4 heteroatoms. The minimum atomic E-state index is 0.640. The number of benzene rings is 4. The number of hydrogen-bond acceptors (Lipinski definition) is 4. The molecule has 2 aromatic heterocycles. The van der Waals surface area contributed by atoms with Crippen molar-refractivity contribution in [1.29, 1.82) is 0 Å². The zero-order valence-electron chi connectivity index (χ0n) is 17.5. The highest BCUT2D eigenvalue weighted by molar-refractivity contribution is 6.07. The first kappa shape index (κ1) is 18.5. The third-order valence-corrected chi connectivity index (χ3v) is 5.65. The first-order valence-corrected chi connectivity index (χ1v) is 10.6. The van der Waals surface area contributed by atoms with Gasteiger partial charge in [-0.2, -0.15) is 0 Å². The smallest absolute Gasteiger partial charge is 0.164 e. The molecule has 152 valence electrons. The lowest BCUT2D eigenvalue weighted by atomic mass is 10.1. The second kappa shape index (κ2) is 7.43. The molecule has 4 nitrogen and oxygen atoms in total. The minimum absolute atomic E-state index is 0.640. The van der Waals surface area contributed by atoms with Crippen LogP contribution in [-0.4, -0.2) is 15.0 Å². The van der Waals surface area contributed by atoms with E-state index in [9.17, 15) is 0 Å². The van der Waals surface area contributed by atoms with Crippen molar-refractivity contribution >= 4 is 21.9 Å². The molecule has 2 heterocycles. The van der Waals surface area contributed by atoms with Gasteiger partial charge in [-0.15, -0.1) is 0 Å². The topological polar surface area (TPSA) is 51.8 Å². The number of aryl methyl sites for hydroxylation is 1. The number of hydrogen-bond donors (Lipinski definition) is 0. The van der Waals surface area contributed by atoms with Crippen molar-refractivity contribution in [2.24, 2.45) is 0 Å². The average molecular weight is 413 g/mol. The summed E-state index contributed by atoms with van der Waals surface area (Å²) in [7, 11) is 0. The Morgan fingerprint density at radius 3 is 1.75 bits per heavy atom. The SMILES string of the molecule is Cc1cccc2c1oc1ccc(-c3nc(-c4ccccc4)nc(-c4ccccc4)n3)cc12. The van der Waals surface area contributed by atoms with Crippen molar-refractivity contribution in [1.82, 2.24) is 15.0 Å². The molecule has 0 aliphatic heterocycles. The quantitative estimate of drug-likeness (QED) is 0.311. The predicted octanol–water partition coefficient (Wildman–Crippen LogP) is 7.08. The standard InChI is InChI=1S/C28H19N3O/c1-18-9-8-14-22-23-17-21(15-16-24(23)32-25(18)22)28-30-26(19-10-4-2-5-11-19)29-27(31-28)20-12-6-3-7-13-20/h2-17H,1H3. The van der Waals surface area contributed by atoms with E-state index in [0.29, 0.717) is 17.5 Å². The van der Waals surface area contributed by atoms with Crippen LogP contribution in [0.5, 0.6) is 0 Å². The van der Waals surface area contributed by atoms with Crippen LogP contribution >= 0.6 is 0 Å². The summed E-state index contributed by atoms with van der Waals surface area (Å²) >= 11 is 0. The first-order valence-electron chi connectivity index (χ1n) is 10.6. The predicted molar refractivity (Wildman–Crippen MR) is 128 cm³/mol. The molecule has 0 aliphatic carbocycles. The van der Waals surface area contributed by atoms with E-state index in [2.05, 4.69) is 31.2 Å². The maximum atomic E-state index is 6.11. The van der Waals surface area contributed by atoms with E-state index < -0.39 is 0 Å². The molecule has 0 spiro atoms. The van der Waals surface area contributed by atoms with Gasteiger partial charge in [0.1, 0.15) is 11.2 Å². The molecular weight excluding hydrogens is 394 g/mol. The average Bonchev–Trinajstić information content (AvgIpc) is 3.24. The van der Waals surface area contributed by atoms with Gasteiger partial charge >= 0.3 is 0 Å². The molecule has 0 amide bonds. The summed E-state index contributed by atoms with van der Waals surface area (Å²) in [4.78, 5) is 14.4. The second-order valence-corrected chi connectivity index (χ2v) is 7.80. The van der Waals surface area contributed by atoms with Crippen LogP contribution in [0.4, 0.5) is 0 Å². The summed E-state index contributed by atoms with van der Waals surface area (Å²) in [6.07, 6.45) is 0. The van der Waals surface area contributed by atoms with Crippen LogP contribution in [0.2, 0.25) is 0 Å². The highest BCUT2D eigenvalue weighted by Crippen LogP contribution is 2.33. The Morgan fingerprint density at radius 2 is 1.12 bits per heavy atom. The Labute approximate surface area is 185 Å². The molecule has 0 saturated heterocycles. The van der Waals surface area contributed by atoms with Gasteiger partial charge < -0.3 is 4.42 Å². The summed E-state index contributed by atoms with van der Waals surface area (Å²) in [6.45, 7) is 2.07. The van der Waals surface area contributed by atoms with Crippen LogP contribution < -0.4 is 0 Å². The van der Waals surface area contributed by atoms with Crippen molar-refractivity contribution in [3.8, 4) is 34.2 Å². The lowest BCUT2D eigenvalue weighted by Gasteiger charge is -2.08. The van der Waals surface area contributed by atoms with Crippen molar-refractivity contribution < 1.29 is 4.42 Å². The molecule has 0 unspecified atom stereocenters. The number of para-hydroxylation sites is 1. The van der Waals surface area contributed by atoms with Gasteiger partial charge in [-0.1, -0.05) is 78.9 Å². The highest BCUT2D eigenvalue weighted by Gasteiger charge is 2.14. The van der Waals surface area contributed by atoms with Crippen LogP contribution in [-0.2, 0) is 0 Å². The molecule has 0 saturated carbocycles. The number of aromatic nitrogens is 3. The Bertz CT molecular complexity index is 1510. The molecule has 0 fully saturated rings. The van der Waals surface area contributed by atoms with E-state index in [0.717, 1.165) is 44.2 Å². The number of furan rings is 1. The Morgan fingerprint density at radius 1 is 0.531 bits per heavy atom. The maximum absolute atomic E-state index is 6.11. The Kier molecular flexibility index (Phi) is 4.29.